The summed E-state index contributed by atoms with van der Waals surface area (Å²) in [5, 5.41) is 0. The summed E-state index contributed by atoms with van der Waals surface area (Å²) in [5.41, 5.74) is 5.29. The van der Waals surface area contributed by atoms with E-state index in [0.29, 0.717) is 12.2 Å². The van der Waals surface area contributed by atoms with E-state index >= 15 is 0 Å². The van der Waals surface area contributed by atoms with Crippen LogP contribution in [0.15, 0.2) is 0 Å². The number of hydrogen-bond acceptors (Lipinski definition) is 3. The molecule has 1 saturated heterocycles. The molecule has 0 aromatic heterocycles. The molecule has 1 aliphatic heterocycles. The fourth-order valence-electron chi connectivity index (χ4n) is 2.58. The van der Waals surface area contributed by atoms with Crippen LogP contribution in [0.1, 0.15) is 38.5 Å². The van der Waals surface area contributed by atoms with Crippen molar-refractivity contribution in [1.82, 2.24) is 4.90 Å². The van der Waals surface area contributed by atoms with Crippen molar-refractivity contribution in [2.45, 2.75) is 50.6 Å². The highest BCUT2D eigenvalue weighted by Crippen LogP contribution is 2.27. The molecule has 1 aliphatic carbocycles. The molecule has 2 unspecified atom stereocenters. The number of amides is 1. The fourth-order valence-corrected chi connectivity index (χ4v) is 2.58. The number of rotatable bonds is 2. The summed E-state index contributed by atoms with van der Waals surface area (Å²) in [5.74, 6) is 0.0248. The Morgan fingerprint density at radius 2 is 2.07 bits per heavy atom. The van der Waals surface area contributed by atoms with Crippen LogP contribution in [-0.4, -0.2) is 35.2 Å². The van der Waals surface area contributed by atoms with Crippen molar-refractivity contribution in [1.29, 1.82) is 0 Å². The second-order valence-corrected chi connectivity index (χ2v) is 4.53. The largest absolute Gasteiger partial charge is 0.368 e. The SMILES string of the molecule is NC(=O)C1CCN1C1CCCCCC1=O. The van der Waals surface area contributed by atoms with Crippen molar-refractivity contribution in [2.24, 2.45) is 5.73 Å². The second-order valence-electron chi connectivity index (χ2n) is 4.53. The number of Topliss-reactive ketones (excluding diaryl/α,β-unsaturated/α-hetero) is 1. The highest BCUT2D eigenvalue weighted by molar-refractivity contribution is 5.86. The van der Waals surface area contributed by atoms with Gasteiger partial charge in [0.1, 0.15) is 5.78 Å². The zero-order valence-electron chi connectivity index (χ0n) is 8.95. The summed E-state index contributed by atoms with van der Waals surface area (Å²) >= 11 is 0. The van der Waals surface area contributed by atoms with Crippen molar-refractivity contribution in [3.05, 3.63) is 0 Å². The predicted molar refractivity (Wildman–Crippen MR) is 56.2 cm³/mol. The fraction of sp³-hybridized carbons (Fsp3) is 0.818. The molecule has 4 nitrogen and oxygen atoms in total. The molecule has 1 heterocycles. The molecule has 2 atom stereocenters. The molecule has 15 heavy (non-hydrogen) atoms. The van der Waals surface area contributed by atoms with Crippen LogP contribution in [0.3, 0.4) is 0 Å². The van der Waals surface area contributed by atoms with Crippen molar-refractivity contribution in [3.8, 4) is 0 Å². The molecule has 0 radical (unpaired) electrons. The van der Waals surface area contributed by atoms with Crippen LogP contribution in [-0.2, 0) is 9.59 Å². The van der Waals surface area contributed by atoms with Crippen molar-refractivity contribution in [2.75, 3.05) is 6.54 Å². The van der Waals surface area contributed by atoms with Gasteiger partial charge in [-0.05, 0) is 19.3 Å². The van der Waals surface area contributed by atoms with Gasteiger partial charge >= 0.3 is 0 Å². The summed E-state index contributed by atoms with van der Waals surface area (Å²) in [6.07, 6.45) is 5.63. The lowest BCUT2D eigenvalue weighted by Crippen LogP contribution is -2.60. The van der Waals surface area contributed by atoms with E-state index in [4.69, 9.17) is 5.73 Å². The van der Waals surface area contributed by atoms with Gasteiger partial charge in [0.15, 0.2) is 0 Å². The van der Waals surface area contributed by atoms with Gasteiger partial charge in [0.25, 0.3) is 0 Å². The lowest BCUT2D eigenvalue weighted by atomic mass is 9.94. The van der Waals surface area contributed by atoms with Gasteiger partial charge in [-0.25, -0.2) is 0 Å². The highest BCUT2D eigenvalue weighted by atomic mass is 16.2. The van der Waals surface area contributed by atoms with Crippen LogP contribution in [0.25, 0.3) is 0 Å². The third kappa shape index (κ3) is 2.04. The molecule has 0 aromatic carbocycles. The first-order valence-corrected chi connectivity index (χ1v) is 5.78. The smallest absolute Gasteiger partial charge is 0.234 e. The Morgan fingerprint density at radius 3 is 2.67 bits per heavy atom. The minimum absolute atomic E-state index is 0.0289. The van der Waals surface area contributed by atoms with Gasteiger partial charge in [0.05, 0.1) is 12.1 Å². The number of carbonyl (C=O) groups is 2. The normalized spacial score (nSPS) is 33.2. The molecular formula is C11H18N2O2. The van der Waals surface area contributed by atoms with E-state index in [1.54, 1.807) is 0 Å². The molecule has 84 valence electrons. The maximum absolute atomic E-state index is 11.8. The van der Waals surface area contributed by atoms with Gasteiger partial charge in [-0.1, -0.05) is 12.8 Å². The Labute approximate surface area is 89.8 Å². The molecule has 0 bridgehead atoms. The topological polar surface area (TPSA) is 63.4 Å². The first-order chi connectivity index (χ1) is 7.20. The quantitative estimate of drug-likeness (QED) is 0.673. The van der Waals surface area contributed by atoms with E-state index < -0.39 is 0 Å². The van der Waals surface area contributed by atoms with Crippen molar-refractivity contribution >= 4 is 11.7 Å². The van der Waals surface area contributed by atoms with Gasteiger partial charge < -0.3 is 5.73 Å². The Kier molecular flexibility index (Phi) is 3.05. The minimum Gasteiger partial charge on any atom is -0.368 e. The summed E-state index contributed by atoms with van der Waals surface area (Å²) < 4.78 is 0. The van der Waals surface area contributed by atoms with E-state index in [-0.39, 0.29) is 18.0 Å². The Bertz CT molecular complexity index is 278. The molecule has 4 heteroatoms. The molecule has 1 amide bonds. The van der Waals surface area contributed by atoms with Crippen molar-refractivity contribution in [3.63, 3.8) is 0 Å². The Hall–Kier alpha value is -0.900. The van der Waals surface area contributed by atoms with Crippen LogP contribution in [0.2, 0.25) is 0 Å². The van der Waals surface area contributed by atoms with E-state index in [2.05, 4.69) is 0 Å². The number of hydrogen-bond donors (Lipinski definition) is 1. The molecule has 0 spiro atoms. The first-order valence-electron chi connectivity index (χ1n) is 5.78. The molecule has 2 N–H and O–H groups in total. The number of carbonyl (C=O) groups excluding carboxylic acids is 2. The first kappa shape index (κ1) is 10.6. The molecule has 0 aromatic rings. The summed E-state index contributed by atoms with van der Waals surface area (Å²) in [7, 11) is 0. The second kappa shape index (κ2) is 4.31. The third-order valence-corrected chi connectivity index (χ3v) is 3.56. The van der Waals surface area contributed by atoms with Crippen LogP contribution >= 0.6 is 0 Å². The average molecular weight is 210 g/mol. The van der Waals surface area contributed by atoms with Gasteiger partial charge in [0, 0.05) is 13.0 Å². The number of likely N-dealkylation sites (tertiary alicyclic amines) is 1. The van der Waals surface area contributed by atoms with Gasteiger partial charge in [0.2, 0.25) is 5.91 Å². The van der Waals surface area contributed by atoms with Gasteiger partial charge in [-0.2, -0.15) is 0 Å². The molecular weight excluding hydrogens is 192 g/mol. The maximum Gasteiger partial charge on any atom is 0.234 e. The monoisotopic (exact) mass is 210 g/mol. The van der Waals surface area contributed by atoms with E-state index in [1.807, 2.05) is 4.90 Å². The zero-order valence-corrected chi connectivity index (χ0v) is 8.95. The molecule has 2 rings (SSSR count). The number of primary amides is 1. The number of nitrogens with two attached hydrogens (primary N) is 1. The predicted octanol–water partition coefficient (Wildman–Crippen LogP) is 0.448. The average Bonchev–Trinajstić information content (AvgIpc) is 2.29. The third-order valence-electron chi connectivity index (χ3n) is 3.56. The number of nitrogens with zero attached hydrogens (tertiary/aromatic N) is 1. The van der Waals surface area contributed by atoms with Gasteiger partial charge in [-0.3, -0.25) is 14.5 Å². The molecule has 2 aliphatic rings. The lowest BCUT2D eigenvalue weighted by Gasteiger charge is -2.43. The van der Waals surface area contributed by atoms with Crippen LogP contribution in [0.5, 0.6) is 0 Å². The summed E-state index contributed by atoms with van der Waals surface area (Å²) in [6.45, 7) is 0.851. The van der Waals surface area contributed by atoms with Crippen LogP contribution < -0.4 is 5.73 Å². The summed E-state index contributed by atoms with van der Waals surface area (Å²) in [6, 6.07) is -0.212. The molecule has 1 saturated carbocycles. The van der Waals surface area contributed by atoms with E-state index in [1.165, 1.54) is 0 Å². The number of ketones is 1. The Balaban J connectivity index is 2.02. The summed E-state index contributed by atoms with van der Waals surface area (Å²) in [4.78, 5) is 24.9. The van der Waals surface area contributed by atoms with E-state index in [0.717, 1.165) is 38.6 Å². The van der Waals surface area contributed by atoms with Crippen LogP contribution in [0.4, 0.5) is 0 Å². The lowest BCUT2D eigenvalue weighted by molar-refractivity contribution is -0.135. The highest BCUT2D eigenvalue weighted by Gasteiger charge is 2.40. The standard InChI is InChI=1S/C11H18N2O2/c12-11(15)9-6-7-13(9)8-4-2-1-3-5-10(8)14/h8-9H,1-7H2,(H2,12,15). The Morgan fingerprint density at radius 1 is 1.27 bits per heavy atom. The minimum atomic E-state index is -0.279. The van der Waals surface area contributed by atoms with E-state index in [9.17, 15) is 9.59 Å². The van der Waals surface area contributed by atoms with Crippen LogP contribution in [0, 0.1) is 0 Å². The van der Waals surface area contributed by atoms with Gasteiger partial charge in [-0.15, -0.1) is 0 Å². The zero-order chi connectivity index (χ0) is 10.8. The maximum atomic E-state index is 11.8. The molecule has 2 fully saturated rings. The van der Waals surface area contributed by atoms with Crippen molar-refractivity contribution < 1.29 is 9.59 Å².